The second-order valence-electron chi connectivity index (χ2n) is 5.23. The van der Waals surface area contributed by atoms with E-state index >= 15 is 0 Å². The number of H-pyrrole nitrogens is 1. The Balaban J connectivity index is 0.000000758. The van der Waals surface area contributed by atoms with Crippen LogP contribution in [-0.2, 0) is 6.61 Å². The van der Waals surface area contributed by atoms with Gasteiger partial charge >= 0.3 is 6.61 Å². The molecule has 0 aliphatic heterocycles. The van der Waals surface area contributed by atoms with Crippen molar-refractivity contribution in [3.05, 3.63) is 36.2 Å². The number of imidazole rings is 1. The number of alkyl halides is 2. The van der Waals surface area contributed by atoms with E-state index < -0.39 is 6.61 Å². The van der Waals surface area contributed by atoms with E-state index in [0.717, 1.165) is 5.56 Å². The van der Waals surface area contributed by atoms with Crippen molar-refractivity contribution in [2.45, 2.75) is 33.5 Å². The van der Waals surface area contributed by atoms with Gasteiger partial charge in [0.15, 0.2) is 5.65 Å². The summed E-state index contributed by atoms with van der Waals surface area (Å²) in [4.78, 5) is 15.3. The Kier molecular flexibility index (Phi) is 7.07. The molecule has 3 aromatic rings. The molecule has 0 saturated heterocycles. The lowest BCUT2D eigenvalue weighted by Crippen LogP contribution is -2.02. The van der Waals surface area contributed by atoms with Gasteiger partial charge in [-0.15, -0.1) is 0 Å². The van der Waals surface area contributed by atoms with E-state index in [2.05, 4.69) is 43.8 Å². The van der Waals surface area contributed by atoms with Crippen molar-refractivity contribution in [2.75, 3.05) is 12.4 Å². The number of benzene rings is 1. The molecule has 0 spiro atoms. The predicted molar refractivity (Wildman–Crippen MR) is 94.6 cm³/mol. The Morgan fingerprint density at radius 2 is 1.85 bits per heavy atom. The number of aromatic amines is 1. The fourth-order valence-electron chi connectivity index (χ4n) is 1.95. The highest BCUT2D eigenvalue weighted by atomic mass is 19.3. The van der Waals surface area contributed by atoms with E-state index in [0.29, 0.717) is 23.0 Å². The van der Waals surface area contributed by atoms with Crippen LogP contribution in [0.4, 0.5) is 14.7 Å². The first-order valence-electron chi connectivity index (χ1n) is 8.12. The molecule has 0 fully saturated rings. The van der Waals surface area contributed by atoms with Crippen molar-refractivity contribution in [1.29, 1.82) is 0 Å². The number of anilines is 1. The molecule has 0 bridgehead atoms. The van der Waals surface area contributed by atoms with Gasteiger partial charge in [0.1, 0.15) is 24.2 Å². The number of halogens is 2. The second kappa shape index (κ2) is 9.50. The molecule has 0 amide bonds. The summed E-state index contributed by atoms with van der Waals surface area (Å²) in [5, 5.41) is 2.87. The van der Waals surface area contributed by atoms with E-state index in [1.54, 1.807) is 19.2 Å². The summed E-state index contributed by atoms with van der Waals surface area (Å²) in [6.45, 7) is 1.63. The third kappa shape index (κ3) is 5.27. The van der Waals surface area contributed by atoms with Gasteiger partial charge in [-0.25, -0.2) is 4.98 Å². The van der Waals surface area contributed by atoms with Crippen LogP contribution >= 0.6 is 0 Å². The number of aromatic nitrogens is 4. The standard InChI is InChI=1S/C14H13F2N5O2.C3H8/c1-17-14-20-10-11(21-14)18-7-19-12(10)22-6-8-2-4-9(5-3-8)23-13(15)16;1-3-2/h2-5,7,13H,6H2,1H3,(H2,17,18,19,20,21);3H2,1-2H3. The highest BCUT2D eigenvalue weighted by Crippen LogP contribution is 2.22. The number of hydrogen-bond acceptors (Lipinski definition) is 6. The van der Waals surface area contributed by atoms with Crippen LogP contribution in [0.25, 0.3) is 11.2 Å². The normalized spacial score (nSPS) is 10.4. The average Bonchev–Trinajstić information content (AvgIpc) is 3.05. The topological polar surface area (TPSA) is 85.0 Å². The Labute approximate surface area is 149 Å². The number of ether oxygens (including phenoxy) is 2. The molecule has 2 aromatic heterocycles. The molecular formula is C17H21F2N5O2. The van der Waals surface area contributed by atoms with Crippen LogP contribution in [0.5, 0.6) is 11.6 Å². The average molecular weight is 365 g/mol. The van der Waals surface area contributed by atoms with E-state index in [9.17, 15) is 8.78 Å². The third-order valence-electron chi connectivity index (χ3n) is 3.01. The molecule has 3 rings (SSSR count). The minimum absolute atomic E-state index is 0.0976. The van der Waals surface area contributed by atoms with Crippen LogP contribution in [-0.4, -0.2) is 33.6 Å². The van der Waals surface area contributed by atoms with Crippen LogP contribution < -0.4 is 14.8 Å². The SMILES string of the molecule is CCC.CNc1nc2ncnc(OCc3ccc(OC(F)F)cc3)c2[nH]1. The predicted octanol–water partition coefficient (Wildman–Crippen LogP) is 3.99. The highest BCUT2D eigenvalue weighted by Gasteiger charge is 2.10. The van der Waals surface area contributed by atoms with Crippen molar-refractivity contribution >= 4 is 17.1 Å². The molecule has 0 radical (unpaired) electrons. The fraction of sp³-hybridized carbons (Fsp3) is 0.353. The van der Waals surface area contributed by atoms with Crippen LogP contribution in [0.3, 0.4) is 0 Å². The Morgan fingerprint density at radius 3 is 2.46 bits per heavy atom. The summed E-state index contributed by atoms with van der Waals surface area (Å²) in [6, 6.07) is 6.19. The molecule has 0 saturated carbocycles. The Morgan fingerprint density at radius 1 is 1.15 bits per heavy atom. The minimum Gasteiger partial charge on any atom is -0.471 e. The molecule has 2 N–H and O–H groups in total. The van der Waals surface area contributed by atoms with Crippen LogP contribution in [0.1, 0.15) is 25.8 Å². The maximum Gasteiger partial charge on any atom is 0.387 e. The summed E-state index contributed by atoms with van der Waals surface area (Å²) in [5.41, 5.74) is 1.85. The molecule has 0 aliphatic rings. The van der Waals surface area contributed by atoms with Crippen molar-refractivity contribution in [2.24, 2.45) is 0 Å². The van der Waals surface area contributed by atoms with E-state index in [1.807, 2.05) is 0 Å². The van der Waals surface area contributed by atoms with Gasteiger partial charge in [-0.3, -0.25) is 0 Å². The molecule has 2 heterocycles. The summed E-state index contributed by atoms with van der Waals surface area (Å²) in [6.07, 6.45) is 2.61. The first-order valence-corrected chi connectivity index (χ1v) is 8.12. The lowest BCUT2D eigenvalue weighted by molar-refractivity contribution is -0.0498. The van der Waals surface area contributed by atoms with Gasteiger partial charge in [-0.1, -0.05) is 32.4 Å². The van der Waals surface area contributed by atoms with E-state index in [4.69, 9.17) is 4.74 Å². The molecule has 26 heavy (non-hydrogen) atoms. The maximum atomic E-state index is 12.1. The smallest absolute Gasteiger partial charge is 0.387 e. The molecular weight excluding hydrogens is 344 g/mol. The summed E-state index contributed by atoms with van der Waals surface area (Å²) >= 11 is 0. The van der Waals surface area contributed by atoms with Crippen LogP contribution in [0.2, 0.25) is 0 Å². The maximum absolute atomic E-state index is 12.1. The second-order valence-corrected chi connectivity index (χ2v) is 5.23. The van der Waals surface area contributed by atoms with Crippen LogP contribution in [0.15, 0.2) is 30.6 Å². The number of fused-ring (bicyclic) bond motifs is 1. The number of rotatable bonds is 6. The fourth-order valence-corrected chi connectivity index (χ4v) is 1.95. The molecule has 140 valence electrons. The van der Waals surface area contributed by atoms with Gasteiger partial charge in [-0.2, -0.15) is 18.7 Å². The lowest BCUT2D eigenvalue weighted by atomic mass is 10.2. The largest absolute Gasteiger partial charge is 0.471 e. The van der Waals surface area contributed by atoms with Gasteiger partial charge in [0.25, 0.3) is 0 Å². The van der Waals surface area contributed by atoms with Gasteiger partial charge in [0.05, 0.1) is 0 Å². The van der Waals surface area contributed by atoms with Gasteiger partial charge in [0, 0.05) is 7.05 Å². The summed E-state index contributed by atoms with van der Waals surface area (Å²) < 4.78 is 34.1. The molecule has 9 heteroatoms. The lowest BCUT2D eigenvalue weighted by Gasteiger charge is -2.07. The molecule has 1 aromatic carbocycles. The Bertz CT molecular complexity index is 809. The number of nitrogens with zero attached hydrogens (tertiary/aromatic N) is 3. The number of nitrogens with one attached hydrogen (secondary N) is 2. The number of hydrogen-bond donors (Lipinski definition) is 2. The first-order chi connectivity index (χ1) is 12.6. The zero-order valence-corrected chi connectivity index (χ0v) is 14.8. The van der Waals surface area contributed by atoms with Gasteiger partial charge in [-0.05, 0) is 17.7 Å². The quantitative estimate of drug-likeness (QED) is 0.687. The first kappa shape index (κ1) is 19.4. The third-order valence-corrected chi connectivity index (χ3v) is 3.01. The Hall–Kier alpha value is -2.97. The van der Waals surface area contributed by atoms with Crippen molar-refractivity contribution in [1.82, 2.24) is 19.9 Å². The molecule has 0 aliphatic carbocycles. The van der Waals surface area contributed by atoms with E-state index in [-0.39, 0.29) is 12.4 Å². The summed E-state index contributed by atoms with van der Waals surface area (Å²) in [7, 11) is 1.73. The molecule has 7 nitrogen and oxygen atoms in total. The monoisotopic (exact) mass is 365 g/mol. The van der Waals surface area contributed by atoms with Crippen molar-refractivity contribution < 1.29 is 18.3 Å². The zero-order valence-electron chi connectivity index (χ0n) is 14.8. The van der Waals surface area contributed by atoms with Gasteiger partial charge in [0.2, 0.25) is 11.8 Å². The zero-order chi connectivity index (χ0) is 18.9. The van der Waals surface area contributed by atoms with Crippen molar-refractivity contribution in [3.8, 4) is 11.6 Å². The van der Waals surface area contributed by atoms with E-state index in [1.165, 1.54) is 24.9 Å². The summed E-state index contributed by atoms with van der Waals surface area (Å²) in [5.74, 6) is 1.01. The highest BCUT2D eigenvalue weighted by molar-refractivity contribution is 5.78. The van der Waals surface area contributed by atoms with Crippen molar-refractivity contribution in [3.63, 3.8) is 0 Å². The van der Waals surface area contributed by atoms with Crippen LogP contribution in [0, 0.1) is 0 Å². The molecule has 0 atom stereocenters. The minimum atomic E-state index is -2.84. The molecule has 0 unspecified atom stereocenters. The van der Waals surface area contributed by atoms with Gasteiger partial charge < -0.3 is 19.8 Å².